The third-order valence-electron chi connectivity index (χ3n) is 4.24. The first-order valence-electron chi connectivity index (χ1n) is 8.53. The van der Waals surface area contributed by atoms with Crippen molar-refractivity contribution in [1.29, 1.82) is 0 Å². The summed E-state index contributed by atoms with van der Waals surface area (Å²) in [5.41, 5.74) is 1.01. The van der Waals surface area contributed by atoms with Crippen LogP contribution in [0.1, 0.15) is 22.6 Å². The van der Waals surface area contributed by atoms with Crippen molar-refractivity contribution in [2.24, 2.45) is 7.05 Å². The van der Waals surface area contributed by atoms with Gasteiger partial charge in [-0.05, 0) is 32.8 Å². The van der Waals surface area contributed by atoms with Gasteiger partial charge in [-0.15, -0.1) is 11.3 Å². The van der Waals surface area contributed by atoms with Gasteiger partial charge < -0.3 is 10.1 Å². The van der Waals surface area contributed by atoms with Gasteiger partial charge in [0.25, 0.3) is 0 Å². The van der Waals surface area contributed by atoms with Crippen LogP contribution in [0, 0.1) is 13.8 Å². The van der Waals surface area contributed by atoms with Crippen LogP contribution in [0.4, 0.5) is 16.2 Å². The number of ether oxygens (including phenoxy) is 1. The van der Waals surface area contributed by atoms with Crippen LogP contribution in [0.5, 0.6) is 0 Å². The molecule has 0 aliphatic carbocycles. The molecule has 0 spiro atoms. The number of hydrogen-bond donors (Lipinski definition) is 2. The molecule has 2 N–H and O–H groups in total. The number of carbonyl (C=O) groups excluding carboxylic acids is 1. The molecular weight excluding hydrogens is 390 g/mol. The lowest BCUT2D eigenvalue weighted by molar-refractivity contribution is 0.0875. The molecule has 148 valence electrons. The monoisotopic (exact) mass is 413 g/mol. The Morgan fingerprint density at radius 1 is 1.37 bits per heavy atom. The molecule has 3 heterocycles. The quantitative estimate of drug-likeness (QED) is 0.781. The van der Waals surface area contributed by atoms with E-state index < -0.39 is 16.2 Å². The molecule has 9 nitrogen and oxygen atoms in total. The summed E-state index contributed by atoms with van der Waals surface area (Å²) in [7, 11) is -2.41. The number of thiophene rings is 1. The molecule has 0 bridgehead atoms. The van der Waals surface area contributed by atoms with Crippen LogP contribution in [0.3, 0.4) is 0 Å². The molecule has 1 aliphatic rings. The van der Waals surface area contributed by atoms with Gasteiger partial charge in [0.05, 0.1) is 23.6 Å². The van der Waals surface area contributed by atoms with E-state index in [1.807, 2.05) is 19.9 Å². The lowest BCUT2D eigenvalue weighted by atomic mass is 10.1. The number of aromatic nitrogens is 2. The lowest BCUT2D eigenvalue weighted by Gasteiger charge is -2.33. The Bertz CT molecular complexity index is 915. The molecule has 1 aliphatic heterocycles. The molecule has 0 aromatic carbocycles. The van der Waals surface area contributed by atoms with Crippen LogP contribution in [-0.2, 0) is 22.0 Å². The van der Waals surface area contributed by atoms with Gasteiger partial charge in [0, 0.05) is 36.2 Å². The second-order valence-corrected chi connectivity index (χ2v) is 9.41. The fraction of sp³-hybridized carbons (Fsp3) is 0.500. The van der Waals surface area contributed by atoms with Crippen LogP contribution >= 0.6 is 11.3 Å². The zero-order valence-electron chi connectivity index (χ0n) is 15.4. The number of nitrogens with zero attached hydrogens (tertiary/aromatic N) is 3. The molecule has 2 aromatic heterocycles. The molecule has 11 heteroatoms. The van der Waals surface area contributed by atoms with Gasteiger partial charge in [-0.25, -0.2) is 13.8 Å². The number of rotatable bonds is 5. The number of amides is 2. The molecular formula is C16H23N5O4S2. The first-order chi connectivity index (χ1) is 12.8. The SMILES string of the molecule is Cc1cc(NC(=O)NS(=O)(=O)N(c2cnn(C)c2)C2CCOCC2)c(C)s1. The molecule has 3 rings (SSSR count). The molecule has 2 amide bonds. The second kappa shape index (κ2) is 7.87. The van der Waals surface area contributed by atoms with Crippen molar-refractivity contribution >= 4 is 39.0 Å². The summed E-state index contributed by atoms with van der Waals surface area (Å²) in [5, 5.41) is 6.67. The van der Waals surface area contributed by atoms with Crippen molar-refractivity contribution in [2.75, 3.05) is 22.8 Å². The van der Waals surface area contributed by atoms with Crippen molar-refractivity contribution in [3.63, 3.8) is 0 Å². The smallest absolute Gasteiger partial charge is 0.334 e. The van der Waals surface area contributed by atoms with Gasteiger partial charge >= 0.3 is 16.2 Å². The maximum Gasteiger partial charge on any atom is 0.334 e. The Morgan fingerprint density at radius 2 is 2.07 bits per heavy atom. The predicted molar refractivity (Wildman–Crippen MR) is 104 cm³/mol. The maximum atomic E-state index is 13.0. The van der Waals surface area contributed by atoms with Crippen LogP contribution in [-0.4, -0.2) is 43.5 Å². The van der Waals surface area contributed by atoms with Crippen LogP contribution in [0.25, 0.3) is 0 Å². The summed E-state index contributed by atoms with van der Waals surface area (Å²) in [6, 6.07) is 0.707. The Balaban J connectivity index is 1.81. The topological polar surface area (TPSA) is 106 Å². The average molecular weight is 414 g/mol. The molecule has 0 unspecified atom stereocenters. The van der Waals surface area contributed by atoms with E-state index in [1.165, 1.54) is 26.5 Å². The maximum absolute atomic E-state index is 13.0. The van der Waals surface area contributed by atoms with Crippen molar-refractivity contribution in [3.05, 3.63) is 28.2 Å². The van der Waals surface area contributed by atoms with E-state index in [0.29, 0.717) is 37.4 Å². The number of anilines is 2. The summed E-state index contributed by atoms with van der Waals surface area (Å²) in [6.45, 7) is 4.73. The van der Waals surface area contributed by atoms with Crippen molar-refractivity contribution in [2.45, 2.75) is 32.7 Å². The van der Waals surface area contributed by atoms with Crippen molar-refractivity contribution in [1.82, 2.24) is 14.5 Å². The van der Waals surface area contributed by atoms with E-state index in [1.54, 1.807) is 13.2 Å². The fourth-order valence-corrected chi connectivity index (χ4v) is 5.30. The minimum Gasteiger partial charge on any atom is -0.381 e. The first-order valence-corrected chi connectivity index (χ1v) is 10.8. The molecule has 1 fully saturated rings. The van der Waals surface area contributed by atoms with Crippen LogP contribution in [0.2, 0.25) is 0 Å². The van der Waals surface area contributed by atoms with Crippen LogP contribution in [0.15, 0.2) is 18.5 Å². The molecule has 0 radical (unpaired) electrons. The molecule has 0 saturated carbocycles. The minimum absolute atomic E-state index is 0.307. The highest BCUT2D eigenvalue weighted by Gasteiger charge is 2.33. The standard InChI is InChI=1S/C16H23N5O4S2/c1-11-8-15(12(2)26-11)18-16(22)19-27(23,24)21(13-4-6-25-7-5-13)14-9-17-20(3)10-14/h8-10,13H,4-7H2,1-3H3,(H2,18,19,22). The third-order valence-corrected chi connectivity index (χ3v) is 6.67. The number of aryl methyl sites for hydroxylation is 3. The minimum atomic E-state index is -4.12. The number of carbonyl (C=O) groups is 1. The number of nitrogens with one attached hydrogen (secondary N) is 2. The Hall–Kier alpha value is -2.11. The van der Waals surface area contributed by atoms with Crippen LogP contribution < -0.4 is 14.3 Å². The summed E-state index contributed by atoms with van der Waals surface area (Å²) < 4.78 is 36.2. The summed E-state index contributed by atoms with van der Waals surface area (Å²) in [4.78, 5) is 14.3. The highest BCUT2D eigenvalue weighted by atomic mass is 32.2. The highest BCUT2D eigenvalue weighted by Crippen LogP contribution is 2.27. The largest absolute Gasteiger partial charge is 0.381 e. The zero-order chi connectivity index (χ0) is 19.6. The van der Waals surface area contributed by atoms with E-state index in [0.717, 1.165) is 9.75 Å². The van der Waals surface area contributed by atoms with Crippen molar-refractivity contribution < 1.29 is 17.9 Å². The van der Waals surface area contributed by atoms with Gasteiger partial charge in [-0.3, -0.25) is 4.68 Å². The van der Waals surface area contributed by atoms with E-state index >= 15 is 0 Å². The summed E-state index contributed by atoms with van der Waals surface area (Å²) in [6.07, 6.45) is 4.17. The average Bonchev–Trinajstić information content (AvgIpc) is 3.13. The fourth-order valence-electron chi connectivity index (χ4n) is 3.06. The highest BCUT2D eigenvalue weighted by molar-refractivity contribution is 7.91. The zero-order valence-corrected chi connectivity index (χ0v) is 17.1. The molecule has 2 aromatic rings. The number of urea groups is 1. The van der Waals surface area contributed by atoms with Gasteiger partial charge in [0.2, 0.25) is 0 Å². The Labute approximate surface area is 162 Å². The second-order valence-electron chi connectivity index (χ2n) is 6.40. The Kier molecular flexibility index (Phi) is 5.72. The van der Waals surface area contributed by atoms with E-state index in [2.05, 4.69) is 15.1 Å². The Morgan fingerprint density at radius 3 is 2.63 bits per heavy atom. The summed E-state index contributed by atoms with van der Waals surface area (Å²) in [5.74, 6) is 0. The normalized spacial score (nSPS) is 15.5. The van der Waals surface area contributed by atoms with Gasteiger partial charge in [-0.2, -0.15) is 13.5 Å². The molecule has 0 atom stereocenters. The predicted octanol–water partition coefficient (Wildman–Crippen LogP) is 2.15. The van der Waals surface area contributed by atoms with Gasteiger partial charge in [0.15, 0.2) is 0 Å². The van der Waals surface area contributed by atoms with E-state index in [-0.39, 0.29) is 6.04 Å². The molecule has 1 saturated heterocycles. The lowest BCUT2D eigenvalue weighted by Crippen LogP contribution is -2.51. The third kappa shape index (κ3) is 4.60. The molecule has 27 heavy (non-hydrogen) atoms. The summed E-state index contributed by atoms with van der Waals surface area (Å²) >= 11 is 1.53. The van der Waals surface area contributed by atoms with Crippen molar-refractivity contribution in [3.8, 4) is 0 Å². The van der Waals surface area contributed by atoms with E-state index in [4.69, 9.17) is 4.74 Å². The first kappa shape index (κ1) is 19.6. The van der Waals surface area contributed by atoms with Gasteiger partial charge in [-0.1, -0.05) is 0 Å². The van der Waals surface area contributed by atoms with E-state index in [9.17, 15) is 13.2 Å². The van der Waals surface area contributed by atoms with Gasteiger partial charge in [0.1, 0.15) is 0 Å². The number of hydrogen-bond acceptors (Lipinski definition) is 6.